The Labute approximate surface area is 142 Å². The molecule has 0 fully saturated rings. The van der Waals surface area contributed by atoms with Crippen LogP contribution < -0.4 is 5.32 Å². The minimum Gasteiger partial charge on any atom is -0.480 e. The fourth-order valence-electron chi connectivity index (χ4n) is 1.37. The van der Waals surface area contributed by atoms with E-state index in [0.717, 1.165) is 5.56 Å². The highest BCUT2D eigenvalue weighted by molar-refractivity contribution is 6.67. The number of halogens is 3. The SMILES string of the molecule is O=C(NC(COCc1ccccc1)C(=O)O)OCC(Cl)(Cl)Cl. The summed E-state index contributed by atoms with van der Waals surface area (Å²) in [4.78, 5) is 22.5. The van der Waals surface area contributed by atoms with Crippen LogP contribution >= 0.6 is 34.8 Å². The Morgan fingerprint density at radius 3 is 2.41 bits per heavy atom. The molecule has 6 nitrogen and oxygen atoms in total. The van der Waals surface area contributed by atoms with E-state index in [1.165, 1.54) is 0 Å². The predicted octanol–water partition coefficient (Wildman–Crippen LogP) is 2.75. The highest BCUT2D eigenvalue weighted by atomic mass is 35.6. The van der Waals surface area contributed by atoms with Gasteiger partial charge in [-0.25, -0.2) is 9.59 Å². The summed E-state index contributed by atoms with van der Waals surface area (Å²) in [5.74, 6) is -1.26. The number of alkyl halides is 3. The number of hydrogen-bond donors (Lipinski definition) is 2. The lowest BCUT2D eigenvalue weighted by molar-refractivity contribution is -0.141. The zero-order valence-corrected chi connectivity index (χ0v) is 13.6. The number of carboxylic acid groups (broad SMARTS) is 1. The molecule has 1 aromatic rings. The smallest absolute Gasteiger partial charge is 0.408 e. The van der Waals surface area contributed by atoms with Crippen molar-refractivity contribution in [1.29, 1.82) is 0 Å². The van der Waals surface area contributed by atoms with Gasteiger partial charge < -0.3 is 19.9 Å². The number of rotatable bonds is 7. The first-order valence-corrected chi connectivity index (χ1v) is 7.26. The molecule has 1 unspecified atom stereocenters. The topological polar surface area (TPSA) is 84.9 Å². The molecule has 2 N–H and O–H groups in total. The summed E-state index contributed by atoms with van der Waals surface area (Å²) < 4.78 is 8.08. The molecular formula is C13H14Cl3NO5. The monoisotopic (exact) mass is 369 g/mol. The van der Waals surface area contributed by atoms with Crippen molar-refractivity contribution in [2.24, 2.45) is 0 Å². The Kier molecular flexibility index (Phi) is 7.75. The third-order valence-corrected chi connectivity index (χ3v) is 2.68. The number of alkyl carbamates (subject to hydrolysis) is 1. The van der Waals surface area contributed by atoms with Gasteiger partial charge in [0.2, 0.25) is 3.79 Å². The van der Waals surface area contributed by atoms with Crippen LogP contribution in [0, 0.1) is 0 Å². The number of nitrogens with one attached hydrogen (secondary N) is 1. The summed E-state index contributed by atoms with van der Waals surface area (Å²) in [6.45, 7) is -0.511. The van der Waals surface area contributed by atoms with Crippen LogP contribution in [-0.4, -0.2) is 40.2 Å². The van der Waals surface area contributed by atoms with Crippen LogP contribution in [0.25, 0.3) is 0 Å². The highest BCUT2D eigenvalue weighted by Gasteiger charge is 2.25. The standard InChI is InChI=1S/C13H14Cl3NO5/c14-13(15,16)8-22-12(20)17-10(11(18)19)7-21-6-9-4-2-1-3-5-9/h1-5,10H,6-8H2,(H,17,20)(H,18,19). The Balaban J connectivity index is 2.38. The van der Waals surface area contributed by atoms with E-state index in [9.17, 15) is 9.59 Å². The molecule has 0 aromatic heterocycles. The number of carbonyl (C=O) groups is 2. The number of carboxylic acids is 1. The van der Waals surface area contributed by atoms with Gasteiger partial charge in [0.1, 0.15) is 6.61 Å². The van der Waals surface area contributed by atoms with Gasteiger partial charge in [-0.15, -0.1) is 0 Å². The number of hydrogen-bond acceptors (Lipinski definition) is 4. The summed E-state index contributed by atoms with van der Waals surface area (Å²) in [7, 11) is 0. The Bertz CT molecular complexity index is 492. The van der Waals surface area contributed by atoms with Crippen LogP contribution in [0.2, 0.25) is 0 Å². The molecule has 22 heavy (non-hydrogen) atoms. The molecule has 0 saturated carbocycles. The fraction of sp³-hybridized carbons (Fsp3) is 0.385. The quantitative estimate of drug-likeness (QED) is 0.721. The van der Waals surface area contributed by atoms with Crippen molar-refractivity contribution in [2.45, 2.75) is 16.4 Å². The van der Waals surface area contributed by atoms with E-state index in [2.05, 4.69) is 10.1 Å². The average Bonchev–Trinajstić information content (AvgIpc) is 2.44. The second kappa shape index (κ2) is 9.05. The second-order valence-electron chi connectivity index (χ2n) is 4.23. The molecule has 0 bridgehead atoms. The number of aliphatic carboxylic acids is 1. The van der Waals surface area contributed by atoms with E-state index in [1.54, 1.807) is 0 Å². The first kappa shape index (κ1) is 18.8. The van der Waals surface area contributed by atoms with Gasteiger partial charge in [-0.05, 0) is 5.56 Å². The average molecular weight is 371 g/mol. The van der Waals surface area contributed by atoms with Crippen molar-refractivity contribution < 1.29 is 24.2 Å². The summed E-state index contributed by atoms with van der Waals surface area (Å²) >= 11 is 16.2. The van der Waals surface area contributed by atoms with Crippen molar-refractivity contribution in [3.8, 4) is 0 Å². The molecule has 0 aliphatic rings. The second-order valence-corrected chi connectivity index (χ2v) is 6.74. The van der Waals surface area contributed by atoms with E-state index < -0.39 is 28.5 Å². The minimum absolute atomic E-state index is 0.218. The van der Waals surface area contributed by atoms with Gasteiger partial charge in [0, 0.05) is 0 Å². The molecule has 1 rings (SSSR count). The van der Waals surface area contributed by atoms with Gasteiger partial charge in [0.15, 0.2) is 6.04 Å². The molecule has 1 atom stereocenters. The van der Waals surface area contributed by atoms with Crippen molar-refractivity contribution in [3.63, 3.8) is 0 Å². The van der Waals surface area contributed by atoms with E-state index in [0.29, 0.717) is 0 Å². The Morgan fingerprint density at radius 1 is 1.23 bits per heavy atom. The van der Waals surface area contributed by atoms with E-state index in [1.807, 2.05) is 30.3 Å². The molecule has 0 spiro atoms. The number of ether oxygens (including phenoxy) is 2. The lowest BCUT2D eigenvalue weighted by atomic mass is 10.2. The summed E-state index contributed by atoms with van der Waals surface area (Å²) in [6.07, 6.45) is -1.01. The van der Waals surface area contributed by atoms with Crippen molar-refractivity contribution >= 4 is 46.9 Å². The summed E-state index contributed by atoms with van der Waals surface area (Å²) in [6, 6.07) is 7.91. The molecule has 0 aliphatic carbocycles. The molecule has 1 amide bonds. The molecule has 0 heterocycles. The zero-order chi connectivity index (χ0) is 16.6. The maximum Gasteiger partial charge on any atom is 0.408 e. The fourth-order valence-corrected chi connectivity index (χ4v) is 1.54. The van der Waals surface area contributed by atoms with Crippen molar-refractivity contribution in [3.05, 3.63) is 35.9 Å². The maximum atomic E-state index is 11.4. The summed E-state index contributed by atoms with van der Waals surface area (Å²) in [5, 5.41) is 11.1. The van der Waals surface area contributed by atoms with Crippen LogP contribution in [0.5, 0.6) is 0 Å². The third-order valence-electron chi connectivity index (χ3n) is 2.35. The lowest BCUT2D eigenvalue weighted by Crippen LogP contribution is -2.44. The molecule has 1 aromatic carbocycles. The van der Waals surface area contributed by atoms with Gasteiger partial charge >= 0.3 is 12.1 Å². The number of carbonyl (C=O) groups excluding carboxylic acids is 1. The van der Waals surface area contributed by atoms with Crippen LogP contribution in [-0.2, 0) is 20.9 Å². The lowest BCUT2D eigenvalue weighted by Gasteiger charge is -2.16. The van der Waals surface area contributed by atoms with Crippen molar-refractivity contribution in [2.75, 3.05) is 13.2 Å². The number of amides is 1. The van der Waals surface area contributed by atoms with Gasteiger partial charge in [-0.1, -0.05) is 65.1 Å². The van der Waals surface area contributed by atoms with E-state index >= 15 is 0 Å². The normalized spacial score (nSPS) is 12.5. The zero-order valence-electron chi connectivity index (χ0n) is 11.3. The van der Waals surface area contributed by atoms with Gasteiger partial charge in [0.05, 0.1) is 13.2 Å². The summed E-state index contributed by atoms with van der Waals surface area (Å²) in [5.41, 5.74) is 0.880. The predicted molar refractivity (Wildman–Crippen MR) is 82.3 cm³/mol. The maximum absolute atomic E-state index is 11.4. The minimum atomic E-state index is -1.76. The third kappa shape index (κ3) is 8.29. The van der Waals surface area contributed by atoms with E-state index in [-0.39, 0.29) is 13.2 Å². The Hall–Kier alpha value is -1.21. The van der Waals surface area contributed by atoms with Crippen molar-refractivity contribution in [1.82, 2.24) is 5.32 Å². The first-order chi connectivity index (χ1) is 10.3. The highest BCUT2D eigenvalue weighted by Crippen LogP contribution is 2.25. The molecule has 0 saturated heterocycles. The first-order valence-electron chi connectivity index (χ1n) is 6.12. The number of benzene rings is 1. The van der Waals surface area contributed by atoms with Gasteiger partial charge in [0.25, 0.3) is 0 Å². The van der Waals surface area contributed by atoms with Gasteiger partial charge in [-0.3, -0.25) is 0 Å². The Morgan fingerprint density at radius 2 is 1.86 bits per heavy atom. The molecular weight excluding hydrogens is 357 g/mol. The molecule has 0 radical (unpaired) electrons. The molecule has 0 aliphatic heterocycles. The van der Waals surface area contributed by atoms with Crippen LogP contribution in [0.4, 0.5) is 4.79 Å². The molecule has 122 valence electrons. The van der Waals surface area contributed by atoms with Crippen LogP contribution in [0.15, 0.2) is 30.3 Å². The molecule has 9 heteroatoms. The van der Waals surface area contributed by atoms with Crippen LogP contribution in [0.3, 0.4) is 0 Å². The van der Waals surface area contributed by atoms with E-state index in [4.69, 9.17) is 44.6 Å². The largest absolute Gasteiger partial charge is 0.480 e. The van der Waals surface area contributed by atoms with Crippen LogP contribution in [0.1, 0.15) is 5.56 Å². The van der Waals surface area contributed by atoms with Gasteiger partial charge in [-0.2, -0.15) is 0 Å².